The smallest absolute Gasteiger partial charge is 0.288 e. The summed E-state index contributed by atoms with van der Waals surface area (Å²) in [6.07, 6.45) is 6.26. The topological polar surface area (TPSA) is 141 Å². The predicted octanol–water partition coefficient (Wildman–Crippen LogP) is 1.97. The molecular weight excluding hydrogens is 372 g/mol. The van der Waals surface area contributed by atoms with Crippen molar-refractivity contribution < 1.29 is 9.21 Å². The van der Waals surface area contributed by atoms with Crippen molar-refractivity contribution in [1.82, 2.24) is 35.3 Å². The molecule has 1 aromatic carbocycles. The molecule has 5 aromatic rings. The number of anilines is 1. The molecule has 10 nitrogen and oxygen atoms in total. The molecule has 0 radical (unpaired) electrons. The third-order valence-electron chi connectivity index (χ3n) is 4.61. The molecular formula is C19H16N8O2. The predicted molar refractivity (Wildman–Crippen MR) is 106 cm³/mol. The highest BCUT2D eigenvalue weighted by Crippen LogP contribution is 2.29. The molecule has 0 bridgehead atoms. The molecule has 1 amide bonds. The van der Waals surface area contributed by atoms with E-state index in [2.05, 4.69) is 30.6 Å². The minimum absolute atomic E-state index is 0.169. The Hall–Kier alpha value is -4.21. The maximum absolute atomic E-state index is 11.9. The lowest BCUT2D eigenvalue weighted by Gasteiger charge is -2.03. The molecule has 0 aliphatic heterocycles. The third kappa shape index (κ3) is 3.06. The van der Waals surface area contributed by atoms with Gasteiger partial charge in [0.1, 0.15) is 5.52 Å². The summed E-state index contributed by atoms with van der Waals surface area (Å²) in [4.78, 5) is 20.1. The monoisotopic (exact) mass is 388 g/mol. The summed E-state index contributed by atoms with van der Waals surface area (Å²) in [5, 5.41) is 16.1. The van der Waals surface area contributed by atoms with Crippen LogP contribution in [0.2, 0.25) is 0 Å². The van der Waals surface area contributed by atoms with Gasteiger partial charge in [-0.15, -0.1) is 0 Å². The number of aromatic amines is 1. The fraction of sp³-hybridized carbons (Fsp3) is 0.105. The summed E-state index contributed by atoms with van der Waals surface area (Å²) >= 11 is 0. The van der Waals surface area contributed by atoms with Gasteiger partial charge in [-0.25, -0.2) is 9.97 Å². The molecule has 0 spiro atoms. The molecule has 0 unspecified atom stereocenters. The van der Waals surface area contributed by atoms with Crippen LogP contribution in [-0.2, 0) is 6.54 Å². The van der Waals surface area contributed by atoms with Gasteiger partial charge in [0.05, 0.1) is 24.0 Å². The summed E-state index contributed by atoms with van der Waals surface area (Å²) in [7, 11) is 0. The highest BCUT2D eigenvalue weighted by molar-refractivity contribution is 6.08. The van der Waals surface area contributed by atoms with Crippen molar-refractivity contribution in [3.05, 3.63) is 55.0 Å². The largest absolute Gasteiger partial charge is 0.438 e. The zero-order valence-electron chi connectivity index (χ0n) is 15.2. The summed E-state index contributed by atoms with van der Waals surface area (Å²) < 4.78 is 6.71. The second-order valence-electron chi connectivity index (χ2n) is 6.46. The van der Waals surface area contributed by atoms with Gasteiger partial charge in [-0.1, -0.05) is 12.1 Å². The van der Waals surface area contributed by atoms with Crippen LogP contribution in [0, 0.1) is 0 Å². The Balaban J connectivity index is 1.42. The molecule has 10 heteroatoms. The number of nitrogens with zero attached hydrogens (tertiary/aromatic N) is 5. The van der Waals surface area contributed by atoms with E-state index in [1.165, 1.54) is 12.6 Å². The fourth-order valence-corrected chi connectivity index (χ4v) is 3.24. The number of nitrogens with two attached hydrogens (primary N) is 1. The van der Waals surface area contributed by atoms with Crippen LogP contribution < -0.4 is 11.1 Å². The zero-order chi connectivity index (χ0) is 19.8. The summed E-state index contributed by atoms with van der Waals surface area (Å²) in [5.41, 5.74) is 9.34. The number of H-pyrrole nitrogens is 1. The molecule has 4 heterocycles. The average Bonchev–Trinajstić information content (AvgIpc) is 3.48. The number of benzene rings is 1. The normalized spacial score (nSPS) is 11.3. The van der Waals surface area contributed by atoms with Crippen molar-refractivity contribution in [1.29, 1.82) is 0 Å². The van der Waals surface area contributed by atoms with Crippen LogP contribution in [0.3, 0.4) is 0 Å². The van der Waals surface area contributed by atoms with E-state index in [4.69, 9.17) is 10.2 Å². The SMILES string of the molecule is Nc1nc2cc(-c3cc[nH]n3)ccc2c2cn(CCNC(=O)c3cnco3)nc12. The summed E-state index contributed by atoms with van der Waals surface area (Å²) in [5.74, 6) is 0.204. The highest BCUT2D eigenvalue weighted by atomic mass is 16.3. The molecule has 0 fully saturated rings. The van der Waals surface area contributed by atoms with E-state index in [0.717, 1.165) is 27.5 Å². The Bertz CT molecular complexity index is 1310. The van der Waals surface area contributed by atoms with Gasteiger partial charge < -0.3 is 15.5 Å². The maximum atomic E-state index is 11.9. The zero-order valence-corrected chi connectivity index (χ0v) is 15.2. The third-order valence-corrected chi connectivity index (χ3v) is 4.61. The lowest BCUT2D eigenvalue weighted by Crippen LogP contribution is -2.27. The van der Waals surface area contributed by atoms with E-state index in [9.17, 15) is 4.79 Å². The molecule has 29 heavy (non-hydrogen) atoms. The number of pyridine rings is 1. The molecule has 0 aliphatic carbocycles. The number of nitrogen functional groups attached to an aromatic ring is 1. The maximum Gasteiger partial charge on any atom is 0.288 e. The molecule has 0 atom stereocenters. The van der Waals surface area contributed by atoms with E-state index in [1.807, 2.05) is 30.5 Å². The molecule has 0 saturated heterocycles. The summed E-state index contributed by atoms with van der Waals surface area (Å²) in [6.45, 7) is 0.850. The first-order chi connectivity index (χ1) is 14.2. The number of hydrogen-bond donors (Lipinski definition) is 3. The number of oxazole rings is 1. The minimum atomic E-state index is -0.322. The van der Waals surface area contributed by atoms with Gasteiger partial charge in [-0.2, -0.15) is 10.2 Å². The number of carbonyl (C=O) groups is 1. The van der Waals surface area contributed by atoms with Gasteiger partial charge in [0.25, 0.3) is 5.91 Å². The van der Waals surface area contributed by atoms with Crippen LogP contribution in [0.1, 0.15) is 10.6 Å². The quantitative estimate of drug-likeness (QED) is 0.418. The van der Waals surface area contributed by atoms with Crippen molar-refractivity contribution in [3.8, 4) is 11.3 Å². The standard InChI is InChI=1S/C19H16N8O2/c20-18-17-13(9-27(26-17)6-5-22-19(28)16-8-21-10-29-16)12-2-1-11(7-15(12)24-18)14-3-4-23-25-14/h1-4,7-10H,5-6H2,(H2,20,24)(H,22,28)(H,23,25). The Labute approximate surface area is 163 Å². The number of fused-ring (bicyclic) bond motifs is 3. The van der Waals surface area contributed by atoms with Gasteiger partial charge in [-0.05, 0) is 12.1 Å². The average molecular weight is 388 g/mol. The van der Waals surface area contributed by atoms with Crippen LogP contribution >= 0.6 is 0 Å². The van der Waals surface area contributed by atoms with Crippen LogP contribution in [0.15, 0.2) is 53.7 Å². The first kappa shape index (κ1) is 16.9. The number of aromatic nitrogens is 6. The van der Waals surface area contributed by atoms with Crippen molar-refractivity contribution >= 4 is 33.5 Å². The summed E-state index contributed by atoms with van der Waals surface area (Å²) in [6, 6.07) is 7.83. The highest BCUT2D eigenvalue weighted by Gasteiger charge is 2.13. The molecule has 4 aromatic heterocycles. The van der Waals surface area contributed by atoms with Gasteiger partial charge in [0.15, 0.2) is 12.2 Å². The van der Waals surface area contributed by atoms with E-state index in [0.29, 0.717) is 24.4 Å². The van der Waals surface area contributed by atoms with Gasteiger partial charge >= 0.3 is 0 Å². The Morgan fingerprint density at radius 1 is 1.28 bits per heavy atom. The van der Waals surface area contributed by atoms with E-state index >= 15 is 0 Å². The Kier molecular flexibility index (Phi) is 3.94. The van der Waals surface area contributed by atoms with Crippen molar-refractivity contribution in [2.24, 2.45) is 0 Å². The molecule has 144 valence electrons. The second-order valence-corrected chi connectivity index (χ2v) is 6.46. The van der Waals surface area contributed by atoms with Gasteiger partial charge in [0.2, 0.25) is 5.76 Å². The Morgan fingerprint density at radius 3 is 3.00 bits per heavy atom. The molecule has 5 rings (SSSR count). The first-order valence-electron chi connectivity index (χ1n) is 8.92. The van der Waals surface area contributed by atoms with Gasteiger partial charge in [0, 0.05) is 35.3 Å². The van der Waals surface area contributed by atoms with Gasteiger partial charge in [-0.3, -0.25) is 14.6 Å². The molecule has 4 N–H and O–H groups in total. The lowest BCUT2D eigenvalue weighted by molar-refractivity contribution is 0.0924. The van der Waals surface area contributed by atoms with Crippen molar-refractivity contribution in [2.45, 2.75) is 6.54 Å². The molecule has 0 aliphatic rings. The van der Waals surface area contributed by atoms with E-state index < -0.39 is 0 Å². The van der Waals surface area contributed by atoms with Crippen molar-refractivity contribution in [2.75, 3.05) is 12.3 Å². The molecule has 0 saturated carbocycles. The number of nitrogens with one attached hydrogen (secondary N) is 2. The second kappa shape index (κ2) is 6.75. The van der Waals surface area contributed by atoms with Crippen LogP contribution in [0.25, 0.3) is 33.1 Å². The number of hydrogen-bond acceptors (Lipinski definition) is 7. The van der Waals surface area contributed by atoms with E-state index in [-0.39, 0.29) is 11.7 Å². The van der Waals surface area contributed by atoms with Crippen molar-refractivity contribution in [3.63, 3.8) is 0 Å². The Morgan fingerprint density at radius 2 is 2.21 bits per heavy atom. The minimum Gasteiger partial charge on any atom is -0.438 e. The number of amides is 1. The van der Waals surface area contributed by atoms with E-state index in [1.54, 1.807) is 10.9 Å². The number of carbonyl (C=O) groups excluding carboxylic acids is 1. The number of rotatable bonds is 5. The lowest BCUT2D eigenvalue weighted by atomic mass is 10.1. The first-order valence-corrected chi connectivity index (χ1v) is 8.92. The fourth-order valence-electron chi connectivity index (χ4n) is 3.24. The van der Waals surface area contributed by atoms with Crippen LogP contribution in [0.4, 0.5) is 5.82 Å². The van der Waals surface area contributed by atoms with Crippen LogP contribution in [0.5, 0.6) is 0 Å². The van der Waals surface area contributed by atoms with Crippen LogP contribution in [-0.4, -0.2) is 42.4 Å².